The Labute approximate surface area is 87.5 Å². The van der Waals surface area contributed by atoms with Crippen LogP contribution in [0.25, 0.3) is 0 Å². The molecule has 0 amide bonds. The Morgan fingerprint density at radius 2 is 2.27 bits per heavy atom. The maximum Gasteiger partial charge on any atom is 0.307 e. The second-order valence-electron chi connectivity index (χ2n) is 4.31. The fourth-order valence-corrected chi connectivity index (χ4v) is 2.30. The van der Waals surface area contributed by atoms with E-state index in [1.807, 2.05) is 0 Å². The first-order chi connectivity index (χ1) is 7.08. The fraction of sp³-hybridized carbons (Fsp3) is 0.700. The van der Waals surface area contributed by atoms with Crippen molar-refractivity contribution >= 4 is 5.97 Å². The summed E-state index contributed by atoms with van der Waals surface area (Å²) in [4.78, 5) is 15.2. The van der Waals surface area contributed by atoms with Gasteiger partial charge in [0, 0.05) is 0 Å². The zero-order valence-corrected chi connectivity index (χ0v) is 8.80. The molecule has 1 aromatic rings. The van der Waals surface area contributed by atoms with Crippen molar-refractivity contribution < 1.29 is 14.4 Å². The largest absolute Gasteiger partial charge is 0.481 e. The van der Waals surface area contributed by atoms with Gasteiger partial charge in [0.1, 0.15) is 0 Å². The number of aromatic nitrogens is 2. The summed E-state index contributed by atoms with van der Waals surface area (Å²) in [6.07, 6.45) is 1.51. The highest BCUT2D eigenvalue weighted by Crippen LogP contribution is 2.42. The molecule has 5 heteroatoms. The van der Waals surface area contributed by atoms with Crippen LogP contribution in [-0.4, -0.2) is 21.2 Å². The van der Waals surface area contributed by atoms with Crippen molar-refractivity contribution in [3.63, 3.8) is 0 Å². The Kier molecular flexibility index (Phi) is 2.46. The van der Waals surface area contributed by atoms with E-state index in [0.717, 1.165) is 6.42 Å². The van der Waals surface area contributed by atoms with Gasteiger partial charge in [0.05, 0.1) is 11.8 Å². The third kappa shape index (κ3) is 1.86. The summed E-state index contributed by atoms with van der Waals surface area (Å²) in [7, 11) is 0. The molecule has 1 heterocycles. The molecule has 0 bridgehead atoms. The summed E-state index contributed by atoms with van der Waals surface area (Å²) in [5, 5.41) is 12.8. The number of aliphatic carboxylic acids is 1. The highest BCUT2D eigenvalue weighted by atomic mass is 16.5. The number of rotatable bonds is 2. The van der Waals surface area contributed by atoms with E-state index in [1.165, 1.54) is 0 Å². The number of aryl methyl sites for hydroxylation is 1. The Hall–Kier alpha value is -1.39. The molecule has 1 aliphatic carbocycles. The summed E-state index contributed by atoms with van der Waals surface area (Å²) in [5.41, 5.74) is 0. The Morgan fingerprint density at radius 1 is 1.53 bits per heavy atom. The van der Waals surface area contributed by atoms with Crippen molar-refractivity contribution in [1.82, 2.24) is 10.1 Å². The summed E-state index contributed by atoms with van der Waals surface area (Å²) in [6.45, 7) is 3.79. The minimum absolute atomic E-state index is 0.112. The van der Waals surface area contributed by atoms with Gasteiger partial charge < -0.3 is 9.63 Å². The molecule has 0 spiro atoms. The topological polar surface area (TPSA) is 76.2 Å². The van der Waals surface area contributed by atoms with Gasteiger partial charge >= 0.3 is 5.97 Å². The van der Waals surface area contributed by atoms with E-state index in [9.17, 15) is 4.79 Å². The summed E-state index contributed by atoms with van der Waals surface area (Å²) < 4.78 is 5.05. The van der Waals surface area contributed by atoms with Crippen LogP contribution in [0, 0.1) is 18.8 Å². The third-order valence-electron chi connectivity index (χ3n) is 2.98. The molecule has 1 aromatic heterocycles. The molecular weight excluding hydrogens is 196 g/mol. The highest BCUT2D eigenvalue weighted by Gasteiger charge is 2.40. The highest BCUT2D eigenvalue weighted by molar-refractivity contribution is 5.71. The monoisotopic (exact) mass is 210 g/mol. The first-order valence-corrected chi connectivity index (χ1v) is 5.11. The van der Waals surface area contributed by atoms with Gasteiger partial charge in [-0.3, -0.25) is 4.79 Å². The fourth-order valence-electron chi connectivity index (χ4n) is 2.30. The SMILES string of the molecule is Cc1noc(C2CC(C)CC2C(=O)O)n1. The number of carboxylic acids is 1. The van der Waals surface area contributed by atoms with Gasteiger partial charge in [-0.15, -0.1) is 0 Å². The average molecular weight is 210 g/mol. The van der Waals surface area contributed by atoms with Gasteiger partial charge in [-0.25, -0.2) is 0 Å². The van der Waals surface area contributed by atoms with Gasteiger partial charge in [-0.1, -0.05) is 12.1 Å². The van der Waals surface area contributed by atoms with Crippen molar-refractivity contribution in [2.75, 3.05) is 0 Å². The first-order valence-electron chi connectivity index (χ1n) is 5.11. The molecule has 15 heavy (non-hydrogen) atoms. The normalized spacial score (nSPS) is 30.7. The van der Waals surface area contributed by atoms with Crippen molar-refractivity contribution in [2.24, 2.45) is 11.8 Å². The second kappa shape index (κ2) is 3.64. The minimum Gasteiger partial charge on any atom is -0.481 e. The molecule has 5 nitrogen and oxygen atoms in total. The summed E-state index contributed by atoms with van der Waals surface area (Å²) >= 11 is 0. The minimum atomic E-state index is -0.764. The molecule has 0 aliphatic heterocycles. The van der Waals surface area contributed by atoms with Gasteiger partial charge in [-0.2, -0.15) is 4.98 Å². The molecule has 1 saturated carbocycles. The molecule has 0 aromatic carbocycles. The predicted molar refractivity (Wildman–Crippen MR) is 51.3 cm³/mol. The molecule has 1 aliphatic rings. The van der Waals surface area contributed by atoms with Gasteiger partial charge in [0.25, 0.3) is 0 Å². The van der Waals surface area contributed by atoms with Crippen LogP contribution in [0.15, 0.2) is 4.52 Å². The van der Waals surface area contributed by atoms with E-state index < -0.39 is 5.97 Å². The first kappa shape index (κ1) is 10.1. The van der Waals surface area contributed by atoms with E-state index in [1.54, 1.807) is 6.92 Å². The van der Waals surface area contributed by atoms with Crippen LogP contribution in [0.3, 0.4) is 0 Å². The molecule has 0 radical (unpaired) electrons. The zero-order valence-electron chi connectivity index (χ0n) is 8.80. The lowest BCUT2D eigenvalue weighted by Gasteiger charge is -2.09. The van der Waals surface area contributed by atoms with Crippen LogP contribution in [0.2, 0.25) is 0 Å². The number of carbonyl (C=O) groups is 1. The van der Waals surface area contributed by atoms with Crippen LogP contribution in [0.4, 0.5) is 0 Å². The Morgan fingerprint density at radius 3 is 2.80 bits per heavy atom. The molecule has 82 valence electrons. The maximum atomic E-state index is 11.0. The smallest absolute Gasteiger partial charge is 0.307 e. The number of nitrogens with zero attached hydrogens (tertiary/aromatic N) is 2. The molecule has 0 saturated heterocycles. The standard InChI is InChI=1S/C10H14N2O3/c1-5-3-7(8(4-5)10(13)14)9-11-6(2)12-15-9/h5,7-8H,3-4H2,1-2H3,(H,13,14). The molecule has 3 unspecified atom stereocenters. The van der Waals surface area contributed by atoms with Crippen LogP contribution in [-0.2, 0) is 4.79 Å². The average Bonchev–Trinajstić information content (AvgIpc) is 2.71. The Balaban J connectivity index is 2.24. The molecular formula is C10H14N2O3. The van der Waals surface area contributed by atoms with Crippen molar-refractivity contribution in [3.05, 3.63) is 11.7 Å². The summed E-state index contributed by atoms with van der Waals surface area (Å²) in [5.74, 6) is 0.194. The van der Waals surface area contributed by atoms with E-state index in [-0.39, 0.29) is 11.8 Å². The van der Waals surface area contributed by atoms with Gasteiger partial charge in [0.15, 0.2) is 5.82 Å². The Bertz CT molecular complexity index is 374. The maximum absolute atomic E-state index is 11.0. The lowest BCUT2D eigenvalue weighted by atomic mass is 9.96. The van der Waals surface area contributed by atoms with Crippen molar-refractivity contribution in [3.8, 4) is 0 Å². The van der Waals surface area contributed by atoms with E-state index >= 15 is 0 Å². The number of carboxylic acid groups (broad SMARTS) is 1. The number of hydrogen-bond donors (Lipinski definition) is 1. The lowest BCUT2D eigenvalue weighted by Crippen LogP contribution is -2.17. The molecule has 3 atom stereocenters. The molecule has 1 N–H and O–H groups in total. The van der Waals surface area contributed by atoms with E-state index in [2.05, 4.69) is 17.1 Å². The lowest BCUT2D eigenvalue weighted by molar-refractivity contribution is -0.142. The van der Waals surface area contributed by atoms with Gasteiger partial charge in [-0.05, 0) is 25.7 Å². The van der Waals surface area contributed by atoms with E-state index in [0.29, 0.717) is 24.1 Å². The van der Waals surface area contributed by atoms with Crippen LogP contribution in [0.5, 0.6) is 0 Å². The second-order valence-corrected chi connectivity index (χ2v) is 4.31. The predicted octanol–water partition coefficient (Wildman–Crippen LogP) is 1.59. The molecule has 1 fully saturated rings. The summed E-state index contributed by atoms with van der Waals surface area (Å²) in [6, 6.07) is 0. The van der Waals surface area contributed by atoms with Crippen molar-refractivity contribution in [1.29, 1.82) is 0 Å². The number of hydrogen-bond acceptors (Lipinski definition) is 4. The van der Waals surface area contributed by atoms with E-state index in [4.69, 9.17) is 9.63 Å². The van der Waals surface area contributed by atoms with Crippen LogP contribution < -0.4 is 0 Å². The van der Waals surface area contributed by atoms with Gasteiger partial charge in [0.2, 0.25) is 5.89 Å². The van der Waals surface area contributed by atoms with Crippen molar-refractivity contribution in [2.45, 2.75) is 32.6 Å². The molecule has 2 rings (SSSR count). The van der Waals surface area contributed by atoms with Crippen LogP contribution >= 0.6 is 0 Å². The zero-order chi connectivity index (χ0) is 11.0. The quantitative estimate of drug-likeness (QED) is 0.802. The third-order valence-corrected chi connectivity index (χ3v) is 2.98. The van der Waals surface area contributed by atoms with Crippen LogP contribution in [0.1, 0.15) is 37.4 Å².